The first-order valence-electron chi connectivity index (χ1n) is 12.0. The van der Waals surface area contributed by atoms with Crippen LogP contribution in [0.4, 0.5) is 0 Å². The summed E-state index contributed by atoms with van der Waals surface area (Å²) in [6.07, 6.45) is 0. The second-order valence-electron chi connectivity index (χ2n) is 11.3. The first kappa shape index (κ1) is 23.1. The Bertz CT molecular complexity index is 1370. The Kier molecular flexibility index (Phi) is 5.06. The fourth-order valence-corrected chi connectivity index (χ4v) is 4.86. The standard InChI is InChI=1S/C31H30O4/c1-29(2,3)21-17-22(30(4,5)6)25-23(18-21)34-31(27(25)32)26(20-15-11-8-12-16-20)24(28(33)35-31)19-13-9-7-10-14-19/h7-18H,1-6H3. The number of Topliss-reactive ketones (excluding diaryl/α,β-unsaturated/α-hetero) is 1. The SMILES string of the molecule is CC(C)(C)c1cc2c(c(C(C)(C)C)c1)C(=O)C1(OC(=O)C(c3ccccc3)=C1c1ccccc1)O2. The third kappa shape index (κ3) is 3.59. The molecule has 0 aromatic heterocycles. The molecule has 0 aliphatic carbocycles. The van der Waals surface area contributed by atoms with Crippen LogP contribution in [0, 0.1) is 0 Å². The zero-order valence-electron chi connectivity index (χ0n) is 21.1. The molecule has 1 atom stereocenters. The molecule has 5 rings (SSSR count). The molecule has 0 bridgehead atoms. The summed E-state index contributed by atoms with van der Waals surface area (Å²) in [5, 5.41) is 0. The van der Waals surface area contributed by atoms with Crippen molar-refractivity contribution in [3.63, 3.8) is 0 Å². The van der Waals surface area contributed by atoms with Crippen LogP contribution in [-0.2, 0) is 20.4 Å². The molecule has 2 aliphatic rings. The van der Waals surface area contributed by atoms with E-state index in [2.05, 4.69) is 47.6 Å². The summed E-state index contributed by atoms with van der Waals surface area (Å²) in [6.45, 7) is 12.6. The maximum atomic E-state index is 14.3. The van der Waals surface area contributed by atoms with Gasteiger partial charge in [0, 0.05) is 0 Å². The number of rotatable bonds is 2. The van der Waals surface area contributed by atoms with Gasteiger partial charge in [-0.1, -0.05) is 108 Å². The number of fused-ring (bicyclic) bond motifs is 1. The lowest BCUT2D eigenvalue weighted by Crippen LogP contribution is -2.42. The number of carbonyl (C=O) groups is 2. The molecule has 0 saturated carbocycles. The first-order valence-corrected chi connectivity index (χ1v) is 12.0. The Morgan fingerprint density at radius 2 is 1.26 bits per heavy atom. The molecule has 1 unspecified atom stereocenters. The Balaban J connectivity index is 1.80. The second-order valence-corrected chi connectivity index (χ2v) is 11.3. The van der Waals surface area contributed by atoms with Crippen LogP contribution < -0.4 is 4.74 Å². The van der Waals surface area contributed by atoms with Crippen LogP contribution in [0.5, 0.6) is 5.75 Å². The van der Waals surface area contributed by atoms with Crippen molar-refractivity contribution in [1.82, 2.24) is 0 Å². The Hall–Kier alpha value is -3.66. The maximum absolute atomic E-state index is 14.3. The molecule has 3 aromatic carbocycles. The Morgan fingerprint density at radius 3 is 1.80 bits per heavy atom. The number of ether oxygens (including phenoxy) is 2. The van der Waals surface area contributed by atoms with E-state index >= 15 is 0 Å². The van der Waals surface area contributed by atoms with Crippen molar-refractivity contribution in [2.24, 2.45) is 0 Å². The normalized spacial score (nSPS) is 19.7. The Morgan fingerprint density at radius 1 is 0.686 bits per heavy atom. The van der Waals surface area contributed by atoms with Crippen molar-refractivity contribution in [1.29, 1.82) is 0 Å². The average Bonchev–Trinajstić information content (AvgIpc) is 3.25. The molecule has 2 aliphatic heterocycles. The minimum Gasteiger partial charge on any atom is -0.441 e. The van der Waals surface area contributed by atoms with Crippen LogP contribution in [0.15, 0.2) is 72.8 Å². The van der Waals surface area contributed by atoms with E-state index in [0.717, 1.165) is 11.1 Å². The van der Waals surface area contributed by atoms with Gasteiger partial charge in [-0.2, -0.15) is 0 Å². The van der Waals surface area contributed by atoms with Crippen molar-refractivity contribution in [3.8, 4) is 5.75 Å². The monoisotopic (exact) mass is 466 g/mol. The van der Waals surface area contributed by atoms with Crippen LogP contribution in [0.25, 0.3) is 11.1 Å². The number of ketones is 1. The van der Waals surface area contributed by atoms with Crippen molar-refractivity contribution < 1.29 is 19.1 Å². The molecule has 3 aromatic rings. The van der Waals surface area contributed by atoms with Crippen LogP contribution in [0.2, 0.25) is 0 Å². The van der Waals surface area contributed by atoms with Gasteiger partial charge in [0.1, 0.15) is 5.75 Å². The predicted octanol–water partition coefficient (Wildman–Crippen LogP) is 6.72. The van der Waals surface area contributed by atoms with Crippen molar-refractivity contribution in [2.75, 3.05) is 0 Å². The molecule has 0 N–H and O–H groups in total. The molecular formula is C31H30O4. The van der Waals surface area contributed by atoms with Crippen LogP contribution >= 0.6 is 0 Å². The third-order valence-electron chi connectivity index (χ3n) is 6.70. The number of esters is 1. The molecule has 4 heteroatoms. The van der Waals surface area contributed by atoms with E-state index in [1.54, 1.807) is 0 Å². The summed E-state index contributed by atoms with van der Waals surface area (Å²) in [6, 6.07) is 22.8. The molecule has 0 saturated heterocycles. The smallest absolute Gasteiger partial charge is 0.348 e. The molecule has 35 heavy (non-hydrogen) atoms. The highest BCUT2D eigenvalue weighted by Crippen LogP contribution is 2.53. The lowest BCUT2D eigenvalue weighted by atomic mass is 9.77. The van der Waals surface area contributed by atoms with Crippen molar-refractivity contribution in [3.05, 3.63) is 101 Å². The van der Waals surface area contributed by atoms with Crippen LogP contribution in [-0.4, -0.2) is 17.5 Å². The van der Waals surface area contributed by atoms with Gasteiger partial charge in [-0.15, -0.1) is 0 Å². The molecule has 0 radical (unpaired) electrons. The van der Waals surface area contributed by atoms with E-state index in [4.69, 9.17) is 9.47 Å². The minimum absolute atomic E-state index is 0.156. The summed E-state index contributed by atoms with van der Waals surface area (Å²) in [4.78, 5) is 27.7. The van der Waals surface area contributed by atoms with E-state index in [1.807, 2.05) is 66.7 Å². The summed E-state index contributed by atoms with van der Waals surface area (Å²) in [5.41, 5.74) is 4.16. The van der Waals surface area contributed by atoms with E-state index in [9.17, 15) is 9.59 Å². The van der Waals surface area contributed by atoms with Crippen LogP contribution in [0.1, 0.15) is 74.2 Å². The number of hydrogen-bond acceptors (Lipinski definition) is 4. The van der Waals surface area contributed by atoms with E-state index in [0.29, 0.717) is 33.6 Å². The zero-order chi connectivity index (χ0) is 25.2. The quantitative estimate of drug-likeness (QED) is 0.393. The number of benzene rings is 3. The van der Waals surface area contributed by atoms with Gasteiger partial charge in [-0.25, -0.2) is 4.79 Å². The van der Waals surface area contributed by atoms with Crippen molar-refractivity contribution in [2.45, 2.75) is 58.2 Å². The lowest BCUT2D eigenvalue weighted by Gasteiger charge is -2.26. The predicted molar refractivity (Wildman–Crippen MR) is 137 cm³/mol. The van der Waals surface area contributed by atoms with Gasteiger partial charge in [-0.3, -0.25) is 4.79 Å². The molecule has 0 fully saturated rings. The lowest BCUT2D eigenvalue weighted by molar-refractivity contribution is -0.155. The molecule has 1 spiro atoms. The number of carbonyl (C=O) groups excluding carboxylic acids is 2. The molecule has 0 amide bonds. The summed E-state index contributed by atoms with van der Waals surface area (Å²) in [7, 11) is 0. The summed E-state index contributed by atoms with van der Waals surface area (Å²) in [5.74, 6) is -2.30. The fraction of sp³-hybridized carbons (Fsp3) is 0.290. The van der Waals surface area contributed by atoms with E-state index in [-0.39, 0.29) is 16.6 Å². The highest BCUT2D eigenvalue weighted by atomic mass is 16.7. The maximum Gasteiger partial charge on any atom is 0.348 e. The Labute approximate surface area is 206 Å². The summed E-state index contributed by atoms with van der Waals surface area (Å²) < 4.78 is 12.4. The first-order chi connectivity index (χ1) is 16.4. The van der Waals surface area contributed by atoms with Crippen molar-refractivity contribution >= 4 is 22.9 Å². The van der Waals surface area contributed by atoms with E-state index in [1.165, 1.54) is 0 Å². The van der Waals surface area contributed by atoms with Gasteiger partial charge in [0.05, 0.1) is 16.7 Å². The summed E-state index contributed by atoms with van der Waals surface area (Å²) >= 11 is 0. The highest BCUT2D eigenvalue weighted by Gasteiger charge is 2.62. The van der Waals surface area contributed by atoms with Gasteiger partial charge >= 0.3 is 11.8 Å². The number of hydrogen-bond donors (Lipinski definition) is 0. The van der Waals surface area contributed by atoms with Gasteiger partial charge < -0.3 is 9.47 Å². The molecule has 178 valence electrons. The largest absolute Gasteiger partial charge is 0.441 e. The van der Waals surface area contributed by atoms with Crippen LogP contribution in [0.3, 0.4) is 0 Å². The average molecular weight is 467 g/mol. The van der Waals surface area contributed by atoms with Gasteiger partial charge in [0.25, 0.3) is 5.78 Å². The third-order valence-corrected chi connectivity index (χ3v) is 6.70. The van der Waals surface area contributed by atoms with Gasteiger partial charge in [0.2, 0.25) is 0 Å². The van der Waals surface area contributed by atoms with E-state index < -0.39 is 11.8 Å². The molecular weight excluding hydrogens is 436 g/mol. The minimum atomic E-state index is -1.86. The topological polar surface area (TPSA) is 52.6 Å². The van der Waals surface area contributed by atoms with Gasteiger partial charge in [-0.05, 0) is 39.2 Å². The highest BCUT2D eigenvalue weighted by molar-refractivity contribution is 6.34. The fourth-order valence-electron chi connectivity index (χ4n) is 4.86. The molecule has 4 nitrogen and oxygen atoms in total. The van der Waals surface area contributed by atoms with Gasteiger partial charge in [0.15, 0.2) is 0 Å². The zero-order valence-corrected chi connectivity index (χ0v) is 21.1. The molecule has 2 heterocycles. The second kappa shape index (κ2) is 7.67.